The van der Waals surface area contributed by atoms with Gasteiger partial charge < -0.3 is 4.74 Å². The van der Waals surface area contributed by atoms with Crippen LogP contribution in [0.4, 0.5) is 5.69 Å². The van der Waals surface area contributed by atoms with E-state index in [1.54, 1.807) is 44.2 Å². The Morgan fingerprint density at radius 2 is 1.57 bits per heavy atom. The minimum atomic E-state index is -1.09. The highest BCUT2D eigenvalue weighted by Crippen LogP contribution is 2.39. The fourth-order valence-corrected chi connectivity index (χ4v) is 6.46. The van der Waals surface area contributed by atoms with E-state index in [4.69, 9.17) is 4.74 Å². The van der Waals surface area contributed by atoms with Crippen LogP contribution >= 0.6 is 43.6 Å². The number of nitro groups is 1. The van der Waals surface area contributed by atoms with Crippen molar-refractivity contribution in [2.75, 3.05) is 0 Å². The molecule has 0 saturated heterocycles. The second kappa shape index (κ2) is 14.7. The van der Waals surface area contributed by atoms with Crippen LogP contribution in [0.3, 0.4) is 0 Å². The molecule has 0 heterocycles. The number of halogens is 2. The van der Waals surface area contributed by atoms with Crippen molar-refractivity contribution in [3.8, 4) is 5.75 Å². The van der Waals surface area contributed by atoms with Crippen molar-refractivity contribution in [1.82, 2.24) is 0 Å². The van der Waals surface area contributed by atoms with Gasteiger partial charge in [-0.25, -0.2) is 0 Å². The molecule has 0 atom stereocenters. The van der Waals surface area contributed by atoms with Gasteiger partial charge in [-0.2, -0.15) is 0 Å². The number of esters is 1. The molecular weight excluding hydrogens is 738 g/mol. The Morgan fingerprint density at radius 3 is 2.17 bits per heavy atom. The van der Waals surface area contributed by atoms with Gasteiger partial charge in [0.05, 0.1) is 16.2 Å². The third-order valence-electron chi connectivity index (χ3n) is 7.28. The van der Waals surface area contributed by atoms with Gasteiger partial charge >= 0.3 is 11.7 Å². The van der Waals surface area contributed by atoms with Crippen LogP contribution in [0.15, 0.2) is 103 Å². The van der Waals surface area contributed by atoms with Crippen LogP contribution in [-0.2, 0) is 20.1 Å². The molecule has 4 rings (SSSR count). The summed E-state index contributed by atoms with van der Waals surface area (Å²) < 4.78 is 7.28. The number of nitro benzene ring substituents is 1. The van der Waals surface area contributed by atoms with Gasteiger partial charge in [0.25, 0.3) is 0 Å². The Morgan fingerprint density at radius 1 is 0.957 bits per heavy atom. The molecule has 0 bridgehead atoms. The Labute approximate surface area is 287 Å². The largest absolute Gasteiger partial charge is 0.419 e. The third-order valence-corrected chi connectivity index (χ3v) is 9.43. The van der Waals surface area contributed by atoms with E-state index in [0.29, 0.717) is 21.8 Å². The summed E-state index contributed by atoms with van der Waals surface area (Å²) in [5.41, 5.74) is 1.04. The summed E-state index contributed by atoms with van der Waals surface area (Å²) in [6.07, 6.45) is 2.55. The van der Waals surface area contributed by atoms with Gasteiger partial charge in [0, 0.05) is 48.5 Å². The predicted molar refractivity (Wildman–Crippen MR) is 185 cm³/mol. The lowest BCUT2D eigenvalue weighted by atomic mass is 9.73. The first-order valence-electron chi connectivity index (χ1n) is 14.0. The van der Waals surface area contributed by atoms with Gasteiger partial charge in [0.1, 0.15) is 0 Å². The number of hydrogen-bond acceptors (Lipinski definition) is 8. The molecule has 1 aliphatic carbocycles. The molecule has 236 valence electrons. The molecule has 0 aromatic heterocycles. The smallest absolute Gasteiger partial charge is 0.312 e. The van der Waals surface area contributed by atoms with Crippen LogP contribution in [0.2, 0.25) is 0 Å². The highest BCUT2D eigenvalue weighted by Gasteiger charge is 2.37. The second-order valence-electron chi connectivity index (χ2n) is 11.3. The number of rotatable bonds is 11. The van der Waals surface area contributed by atoms with Crippen LogP contribution in [0, 0.1) is 15.5 Å². The van der Waals surface area contributed by atoms with Crippen molar-refractivity contribution in [3.63, 3.8) is 0 Å². The average molecular weight is 767 g/mol. The van der Waals surface area contributed by atoms with Gasteiger partial charge in [0.15, 0.2) is 17.3 Å². The molecule has 3 aromatic rings. The summed E-state index contributed by atoms with van der Waals surface area (Å²) in [7, 11) is 0. The van der Waals surface area contributed by atoms with Crippen molar-refractivity contribution < 1.29 is 28.8 Å². The minimum Gasteiger partial charge on any atom is -0.419 e. The van der Waals surface area contributed by atoms with Gasteiger partial charge in [-0.1, -0.05) is 57.8 Å². The molecule has 0 radical (unpaired) electrons. The highest BCUT2D eigenvalue weighted by molar-refractivity contribution is 9.10. The van der Waals surface area contributed by atoms with Crippen molar-refractivity contribution in [2.24, 2.45) is 5.41 Å². The number of hydrogen-bond donors (Lipinski definition) is 0. The van der Waals surface area contributed by atoms with E-state index in [1.165, 1.54) is 49.9 Å². The summed E-state index contributed by atoms with van der Waals surface area (Å²) in [4.78, 5) is 63.7. The number of carbonyl (C=O) groups excluding carboxylic acids is 4. The molecule has 1 aliphatic rings. The van der Waals surface area contributed by atoms with Crippen LogP contribution in [0.5, 0.6) is 5.75 Å². The quantitative estimate of drug-likeness (QED) is 0.0361. The molecule has 0 spiro atoms. The number of carbonyl (C=O) groups is 4. The SMILES string of the molecule is CC1=CC(=O)C(C)=C(C(C)(C)CC(=O)Oc2cc(/C=C(/SCc3ccc(Br)cc3)C(=O)c3ccc(Br)cc3)ccc2[N+](=O)[O-])C1=O. The standard InChI is InChI=1S/C35H29Br2NO7S/c1-20-15-28(39)21(2)32(33(20)41)35(3,4)18-31(40)45-29-16-23(7-14-27(29)38(43)44)17-30(34(42)24-8-12-26(37)13-9-24)46-19-22-5-10-25(36)11-6-22/h5-17H,18-19H2,1-4H3/b30-17+. The van der Waals surface area contributed by atoms with Gasteiger partial charge in [-0.3, -0.25) is 29.3 Å². The minimum absolute atomic E-state index is 0.208. The Balaban J connectivity index is 1.65. The van der Waals surface area contributed by atoms with Crippen molar-refractivity contribution in [2.45, 2.75) is 39.9 Å². The first-order chi connectivity index (χ1) is 21.7. The molecule has 0 amide bonds. The van der Waals surface area contributed by atoms with Gasteiger partial charge in [-0.05, 0) is 85.7 Å². The van der Waals surface area contributed by atoms with Crippen molar-refractivity contribution in [1.29, 1.82) is 0 Å². The molecule has 0 unspecified atom stereocenters. The summed E-state index contributed by atoms with van der Waals surface area (Å²) in [5.74, 6) is -1.53. The predicted octanol–water partition coefficient (Wildman–Crippen LogP) is 9.01. The number of Topliss-reactive ketones (excluding diaryl/α,β-unsaturated/α-hetero) is 2. The van der Waals surface area contributed by atoms with E-state index >= 15 is 0 Å². The monoisotopic (exact) mass is 765 g/mol. The lowest BCUT2D eigenvalue weighted by Crippen LogP contribution is -2.31. The number of ketones is 3. The molecule has 11 heteroatoms. The van der Waals surface area contributed by atoms with Crippen LogP contribution in [0.25, 0.3) is 6.08 Å². The van der Waals surface area contributed by atoms with Crippen LogP contribution < -0.4 is 4.74 Å². The van der Waals surface area contributed by atoms with E-state index in [1.807, 2.05) is 24.3 Å². The van der Waals surface area contributed by atoms with E-state index in [-0.39, 0.29) is 46.2 Å². The number of thioether (sulfide) groups is 1. The first-order valence-corrected chi connectivity index (χ1v) is 16.6. The zero-order chi connectivity index (χ0) is 33.8. The van der Waals surface area contributed by atoms with Crippen LogP contribution in [0.1, 0.15) is 55.6 Å². The van der Waals surface area contributed by atoms with E-state index in [9.17, 15) is 29.3 Å². The molecule has 0 saturated carbocycles. The number of allylic oxidation sites excluding steroid dienone is 5. The van der Waals surface area contributed by atoms with Crippen molar-refractivity contribution >= 4 is 78.7 Å². The number of benzene rings is 3. The molecule has 0 fully saturated rings. The second-order valence-corrected chi connectivity index (χ2v) is 14.1. The summed E-state index contributed by atoms with van der Waals surface area (Å²) in [6, 6.07) is 18.7. The molecule has 0 N–H and O–H groups in total. The Kier molecular flexibility index (Phi) is 11.1. The fourth-order valence-electron chi connectivity index (χ4n) is 4.95. The lowest BCUT2D eigenvalue weighted by Gasteiger charge is -2.29. The van der Waals surface area contributed by atoms with Gasteiger partial charge in [0.2, 0.25) is 5.75 Å². The normalized spacial score (nSPS) is 13.9. The van der Waals surface area contributed by atoms with E-state index in [0.717, 1.165) is 14.5 Å². The Hall–Kier alpha value is -3.93. The zero-order valence-corrected chi connectivity index (χ0v) is 29.4. The van der Waals surface area contributed by atoms with Crippen LogP contribution in [-0.4, -0.2) is 28.2 Å². The summed E-state index contributed by atoms with van der Waals surface area (Å²) in [5, 5.41) is 11.9. The third kappa shape index (κ3) is 8.45. The van der Waals surface area contributed by atoms with E-state index in [2.05, 4.69) is 31.9 Å². The molecule has 3 aromatic carbocycles. The molecule has 46 heavy (non-hydrogen) atoms. The molecule has 8 nitrogen and oxygen atoms in total. The van der Waals surface area contributed by atoms with Gasteiger partial charge in [-0.15, -0.1) is 11.8 Å². The lowest BCUT2D eigenvalue weighted by molar-refractivity contribution is -0.385. The summed E-state index contributed by atoms with van der Waals surface area (Å²) in [6.45, 7) is 6.37. The molecule has 0 aliphatic heterocycles. The maximum Gasteiger partial charge on any atom is 0.312 e. The molecular formula is C35H29Br2NO7S. The average Bonchev–Trinajstić information content (AvgIpc) is 2.98. The number of nitrogens with zero attached hydrogens (tertiary/aromatic N) is 1. The first kappa shape index (κ1) is 34.9. The zero-order valence-electron chi connectivity index (χ0n) is 25.4. The number of ether oxygens (including phenoxy) is 1. The topological polar surface area (TPSA) is 121 Å². The Bertz CT molecular complexity index is 1840. The van der Waals surface area contributed by atoms with Crippen molar-refractivity contribution in [3.05, 3.63) is 130 Å². The fraction of sp³-hybridized carbons (Fsp3) is 0.200. The maximum atomic E-state index is 13.6. The maximum absolute atomic E-state index is 13.6. The van der Waals surface area contributed by atoms with E-state index < -0.39 is 22.0 Å². The highest BCUT2D eigenvalue weighted by atomic mass is 79.9. The summed E-state index contributed by atoms with van der Waals surface area (Å²) >= 11 is 8.12.